The molecular weight excluding hydrogens is 440 g/mol. The number of H-pyrrole nitrogens is 1. The summed E-state index contributed by atoms with van der Waals surface area (Å²) in [5, 5.41) is 10.0. The van der Waals surface area contributed by atoms with Crippen molar-refractivity contribution in [3.8, 4) is 22.8 Å². The van der Waals surface area contributed by atoms with Crippen LogP contribution in [-0.4, -0.2) is 33.5 Å². The van der Waals surface area contributed by atoms with Crippen LogP contribution in [0.4, 0.5) is 20.2 Å². The van der Waals surface area contributed by atoms with E-state index in [0.717, 1.165) is 11.6 Å². The number of hydrogen-bond acceptors (Lipinski definition) is 4. The van der Waals surface area contributed by atoms with Crippen molar-refractivity contribution < 1.29 is 18.4 Å². The minimum atomic E-state index is -0.848. The van der Waals surface area contributed by atoms with Crippen molar-refractivity contribution in [2.45, 2.75) is 6.42 Å². The molecule has 0 spiro atoms. The first-order valence-corrected chi connectivity index (χ1v) is 10.6. The third kappa shape index (κ3) is 4.15. The molecule has 0 radical (unpaired) electrons. The highest BCUT2D eigenvalue weighted by Crippen LogP contribution is 2.31. The molecule has 0 saturated carbocycles. The summed E-state index contributed by atoms with van der Waals surface area (Å²) < 4.78 is 27.4. The number of para-hydroxylation sites is 1. The molecule has 5 rings (SSSR count). The number of rotatable bonds is 5. The summed E-state index contributed by atoms with van der Waals surface area (Å²) in [7, 11) is 0. The van der Waals surface area contributed by atoms with E-state index in [9.17, 15) is 18.4 Å². The second kappa shape index (κ2) is 8.86. The van der Waals surface area contributed by atoms with Crippen molar-refractivity contribution in [1.82, 2.24) is 15.2 Å². The summed E-state index contributed by atoms with van der Waals surface area (Å²) in [6, 6.07) is 19.6. The van der Waals surface area contributed by atoms with Crippen LogP contribution in [0.3, 0.4) is 0 Å². The van der Waals surface area contributed by atoms with Crippen LogP contribution in [-0.2, 0) is 9.59 Å². The van der Waals surface area contributed by atoms with E-state index in [2.05, 4.69) is 20.5 Å². The van der Waals surface area contributed by atoms with Crippen LogP contribution in [0.5, 0.6) is 0 Å². The van der Waals surface area contributed by atoms with E-state index in [0.29, 0.717) is 29.0 Å². The lowest BCUT2D eigenvalue weighted by atomic mass is 10.1. The fourth-order valence-corrected chi connectivity index (χ4v) is 3.95. The minimum absolute atomic E-state index is 0.00412. The van der Waals surface area contributed by atoms with Crippen LogP contribution in [0, 0.1) is 17.6 Å². The smallest absolute Gasteiger partial charge is 0.229 e. The van der Waals surface area contributed by atoms with E-state index in [1.807, 2.05) is 36.4 Å². The molecule has 1 atom stereocenters. The zero-order chi connectivity index (χ0) is 23.7. The Hall–Kier alpha value is -4.40. The van der Waals surface area contributed by atoms with Crippen LogP contribution in [0.25, 0.3) is 22.8 Å². The van der Waals surface area contributed by atoms with Gasteiger partial charge in [0.05, 0.1) is 17.3 Å². The summed E-state index contributed by atoms with van der Waals surface area (Å²) in [6.45, 7) is -0.00412. The van der Waals surface area contributed by atoms with Crippen molar-refractivity contribution >= 4 is 23.2 Å². The number of hydrogen-bond donors (Lipinski definition) is 2. The molecule has 2 N–H and O–H groups in total. The van der Waals surface area contributed by atoms with Gasteiger partial charge in [-0.3, -0.25) is 14.7 Å². The van der Waals surface area contributed by atoms with Crippen molar-refractivity contribution in [3.05, 3.63) is 84.4 Å². The number of nitrogens with zero attached hydrogens (tertiary/aromatic N) is 3. The molecule has 7 nitrogen and oxygen atoms in total. The first kappa shape index (κ1) is 21.4. The Morgan fingerprint density at radius 2 is 1.79 bits per heavy atom. The third-order valence-corrected chi connectivity index (χ3v) is 5.65. The van der Waals surface area contributed by atoms with Gasteiger partial charge in [0.15, 0.2) is 11.6 Å². The molecule has 4 aromatic rings. The highest BCUT2D eigenvalue weighted by atomic mass is 19.1. The van der Waals surface area contributed by atoms with Gasteiger partial charge in [0, 0.05) is 30.2 Å². The summed E-state index contributed by atoms with van der Waals surface area (Å²) >= 11 is 0. The minimum Gasteiger partial charge on any atom is -0.325 e. The fourth-order valence-electron chi connectivity index (χ4n) is 3.95. The number of anilines is 2. The van der Waals surface area contributed by atoms with Gasteiger partial charge in [-0.25, -0.2) is 13.8 Å². The van der Waals surface area contributed by atoms with E-state index >= 15 is 0 Å². The Morgan fingerprint density at radius 3 is 2.59 bits per heavy atom. The van der Waals surface area contributed by atoms with Gasteiger partial charge in [0.25, 0.3) is 0 Å². The number of benzene rings is 3. The summed E-state index contributed by atoms with van der Waals surface area (Å²) in [5.41, 5.74) is 1.94. The van der Waals surface area contributed by atoms with Gasteiger partial charge in [0.1, 0.15) is 11.6 Å². The van der Waals surface area contributed by atoms with Gasteiger partial charge in [-0.2, -0.15) is 5.10 Å². The maximum atomic E-state index is 14.2. The number of amides is 2. The molecule has 1 aliphatic heterocycles. The molecule has 0 bridgehead atoms. The molecular formula is C25H19F2N5O2. The molecule has 1 aromatic heterocycles. The summed E-state index contributed by atoms with van der Waals surface area (Å²) in [4.78, 5) is 31.2. The summed E-state index contributed by atoms with van der Waals surface area (Å²) in [6.07, 6.45) is -0.0781. The number of nitrogens with one attached hydrogen (secondary N) is 2. The van der Waals surface area contributed by atoms with Gasteiger partial charge >= 0.3 is 0 Å². The van der Waals surface area contributed by atoms with Gasteiger partial charge in [-0.15, -0.1) is 0 Å². The molecule has 1 aliphatic rings. The van der Waals surface area contributed by atoms with E-state index < -0.39 is 23.5 Å². The molecule has 1 saturated heterocycles. The van der Waals surface area contributed by atoms with E-state index in [1.54, 1.807) is 18.2 Å². The van der Waals surface area contributed by atoms with E-state index in [-0.39, 0.29) is 24.6 Å². The fraction of sp³-hybridized carbons (Fsp3) is 0.120. The van der Waals surface area contributed by atoms with Crippen molar-refractivity contribution in [1.29, 1.82) is 0 Å². The lowest BCUT2D eigenvalue weighted by Crippen LogP contribution is -2.28. The first-order valence-electron chi connectivity index (χ1n) is 10.6. The van der Waals surface area contributed by atoms with Crippen molar-refractivity contribution in [3.63, 3.8) is 0 Å². The number of aromatic amines is 1. The van der Waals surface area contributed by atoms with Crippen LogP contribution in [0.2, 0.25) is 0 Å². The lowest BCUT2D eigenvalue weighted by molar-refractivity contribution is -0.122. The number of carbonyl (C=O) groups excluding carboxylic acids is 2. The highest BCUT2D eigenvalue weighted by Gasteiger charge is 2.36. The predicted octanol–water partition coefficient (Wildman–Crippen LogP) is 4.41. The average molecular weight is 459 g/mol. The quantitative estimate of drug-likeness (QED) is 0.463. The van der Waals surface area contributed by atoms with Crippen LogP contribution in [0.1, 0.15) is 6.42 Å². The van der Waals surface area contributed by atoms with Crippen LogP contribution in [0.15, 0.2) is 72.8 Å². The van der Waals surface area contributed by atoms with Crippen LogP contribution < -0.4 is 10.2 Å². The van der Waals surface area contributed by atoms with Crippen molar-refractivity contribution in [2.24, 2.45) is 5.92 Å². The molecule has 0 aliphatic carbocycles. The number of halogens is 2. The standard InChI is InChI=1S/C25H19F2N5O2/c26-17-10-11-21(19(27)13-17)32-14-16(12-22(32)33)25(34)28-20-9-5-4-8-18(20)24-29-23(30-31-24)15-6-2-1-3-7-15/h1-11,13,16H,12,14H2,(H,28,34)(H,29,30,31). The van der Waals surface area contributed by atoms with E-state index in [1.165, 1.54) is 11.0 Å². The second-order valence-electron chi connectivity index (χ2n) is 7.91. The Labute approximate surface area is 193 Å². The van der Waals surface area contributed by atoms with Gasteiger partial charge in [-0.1, -0.05) is 42.5 Å². The maximum Gasteiger partial charge on any atom is 0.229 e. The molecule has 170 valence electrons. The average Bonchev–Trinajstić information content (AvgIpc) is 3.48. The third-order valence-electron chi connectivity index (χ3n) is 5.65. The Kier molecular flexibility index (Phi) is 5.59. The molecule has 1 fully saturated rings. The molecule has 1 unspecified atom stereocenters. The normalized spacial score (nSPS) is 15.5. The van der Waals surface area contributed by atoms with Gasteiger partial charge < -0.3 is 10.2 Å². The van der Waals surface area contributed by atoms with Gasteiger partial charge in [0.2, 0.25) is 11.8 Å². The number of aromatic nitrogens is 3. The van der Waals surface area contributed by atoms with Gasteiger partial charge in [-0.05, 0) is 24.3 Å². The number of carbonyl (C=O) groups is 2. The maximum absolute atomic E-state index is 14.2. The lowest BCUT2D eigenvalue weighted by Gasteiger charge is -2.17. The van der Waals surface area contributed by atoms with Crippen LogP contribution >= 0.6 is 0 Å². The molecule has 2 heterocycles. The topological polar surface area (TPSA) is 91.0 Å². The summed E-state index contributed by atoms with van der Waals surface area (Å²) in [5.74, 6) is -2.06. The van der Waals surface area contributed by atoms with E-state index in [4.69, 9.17) is 0 Å². The predicted molar refractivity (Wildman–Crippen MR) is 123 cm³/mol. The molecule has 3 aromatic carbocycles. The zero-order valence-corrected chi connectivity index (χ0v) is 17.8. The Morgan fingerprint density at radius 1 is 1.03 bits per heavy atom. The monoisotopic (exact) mass is 459 g/mol. The molecule has 34 heavy (non-hydrogen) atoms. The molecule has 2 amide bonds. The Balaban J connectivity index is 1.34. The molecule has 9 heteroatoms. The van der Waals surface area contributed by atoms with Crippen molar-refractivity contribution in [2.75, 3.05) is 16.8 Å². The highest BCUT2D eigenvalue weighted by molar-refractivity contribution is 6.04. The largest absolute Gasteiger partial charge is 0.325 e. The zero-order valence-electron chi connectivity index (χ0n) is 17.8. The Bertz CT molecular complexity index is 1370. The SMILES string of the molecule is O=C(Nc1ccccc1-c1nc(-c2ccccc2)n[nH]1)C1CC(=O)N(c2ccc(F)cc2F)C1. The first-order chi connectivity index (χ1) is 16.5. The second-order valence-corrected chi connectivity index (χ2v) is 7.91.